The number of benzene rings is 1. The molecule has 27 heavy (non-hydrogen) atoms. The molecule has 0 spiro atoms. The van der Waals surface area contributed by atoms with Crippen LogP contribution in [0.25, 0.3) is 0 Å². The first kappa shape index (κ1) is 20.9. The van der Waals surface area contributed by atoms with Gasteiger partial charge in [-0.25, -0.2) is 4.79 Å². The summed E-state index contributed by atoms with van der Waals surface area (Å²) in [4.78, 5) is 37.1. The smallest absolute Gasteiger partial charge is 0.326 e. The molecule has 1 aromatic rings. The lowest BCUT2D eigenvalue weighted by Crippen LogP contribution is -2.51. The topological polar surface area (TPSA) is 107 Å². The molecule has 2 rings (SSSR count). The maximum absolute atomic E-state index is 12.5. The summed E-state index contributed by atoms with van der Waals surface area (Å²) < 4.78 is 0. The van der Waals surface area contributed by atoms with Gasteiger partial charge >= 0.3 is 5.97 Å². The van der Waals surface area contributed by atoms with E-state index in [1.54, 1.807) is 0 Å². The Morgan fingerprint density at radius 2 is 1.81 bits per heavy atom. The van der Waals surface area contributed by atoms with Gasteiger partial charge in [0.2, 0.25) is 11.8 Å². The van der Waals surface area contributed by atoms with Crippen molar-refractivity contribution >= 4 is 17.8 Å². The third kappa shape index (κ3) is 5.29. The van der Waals surface area contributed by atoms with Crippen LogP contribution in [0.5, 0.6) is 0 Å². The zero-order valence-corrected chi connectivity index (χ0v) is 16.2. The van der Waals surface area contributed by atoms with E-state index in [0.29, 0.717) is 0 Å². The third-order valence-electron chi connectivity index (χ3n) is 4.86. The minimum atomic E-state index is -1.14. The molecule has 0 bridgehead atoms. The molecule has 7 heteroatoms. The van der Waals surface area contributed by atoms with Crippen LogP contribution in [0, 0.1) is 0 Å². The number of aliphatic hydroxyl groups is 1. The van der Waals surface area contributed by atoms with Crippen LogP contribution >= 0.6 is 0 Å². The molecular weight excluding hydrogens is 348 g/mol. The number of carbonyl (C=O) groups is 3. The van der Waals surface area contributed by atoms with Gasteiger partial charge in [0.05, 0.1) is 6.10 Å². The lowest BCUT2D eigenvalue weighted by molar-refractivity contribution is -0.143. The van der Waals surface area contributed by atoms with E-state index >= 15 is 0 Å². The summed E-state index contributed by atoms with van der Waals surface area (Å²) in [7, 11) is 0. The van der Waals surface area contributed by atoms with E-state index in [1.165, 1.54) is 11.8 Å². The van der Waals surface area contributed by atoms with E-state index in [9.17, 15) is 24.6 Å². The summed E-state index contributed by atoms with van der Waals surface area (Å²) in [5.41, 5.74) is 1.93. The Labute approximate surface area is 159 Å². The van der Waals surface area contributed by atoms with Gasteiger partial charge in [0.15, 0.2) is 0 Å². The number of hydrogen-bond acceptors (Lipinski definition) is 4. The summed E-state index contributed by atoms with van der Waals surface area (Å²) in [6.07, 6.45) is -0.531. The Hall–Kier alpha value is -2.41. The Morgan fingerprint density at radius 1 is 1.22 bits per heavy atom. The number of carboxylic acid groups (broad SMARTS) is 1. The van der Waals surface area contributed by atoms with E-state index in [2.05, 4.69) is 26.1 Å². The van der Waals surface area contributed by atoms with Crippen molar-refractivity contribution in [1.82, 2.24) is 10.2 Å². The van der Waals surface area contributed by atoms with Crippen molar-refractivity contribution in [3.63, 3.8) is 0 Å². The third-order valence-corrected chi connectivity index (χ3v) is 4.86. The fourth-order valence-electron chi connectivity index (χ4n) is 3.25. The summed E-state index contributed by atoms with van der Waals surface area (Å²) >= 11 is 0. The number of carbonyl (C=O) groups excluding carboxylic acids is 2. The number of amides is 2. The quantitative estimate of drug-likeness (QED) is 0.713. The van der Waals surface area contributed by atoms with Gasteiger partial charge in [-0.3, -0.25) is 9.59 Å². The molecule has 1 saturated heterocycles. The van der Waals surface area contributed by atoms with Crippen molar-refractivity contribution in [2.24, 2.45) is 0 Å². The monoisotopic (exact) mass is 376 g/mol. The van der Waals surface area contributed by atoms with Crippen LogP contribution in [0.2, 0.25) is 0 Å². The number of nitrogens with one attached hydrogen (secondary N) is 1. The maximum atomic E-state index is 12.5. The van der Waals surface area contributed by atoms with E-state index in [1.807, 2.05) is 24.3 Å². The Morgan fingerprint density at radius 3 is 2.30 bits per heavy atom. The average molecular weight is 376 g/mol. The van der Waals surface area contributed by atoms with Gasteiger partial charge in [-0.15, -0.1) is 0 Å². The summed E-state index contributed by atoms with van der Waals surface area (Å²) in [6, 6.07) is 5.70. The molecule has 0 unspecified atom stereocenters. The summed E-state index contributed by atoms with van der Waals surface area (Å²) in [6.45, 7) is 7.69. The number of nitrogens with zero attached hydrogens (tertiary/aromatic N) is 1. The van der Waals surface area contributed by atoms with E-state index in [4.69, 9.17) is 0 Å². The Bertz CT molecular complexity index is 708. The van der Waals surface area contributed by atoms with Crippen molar-refractivity contribution < 1.29 is 24.6 Å². The van der Waals surface area contributed by atoms with E-state index < -0.39 is 30.1 Å². The van der Waals surface area contributed by atoms with Crippen molar-refractivity contribution in [2.45, 2.75) is 64.1 Å². The van der Waals surface area contributed by atoms with Gasteiger partial charge in [-0.1, -0.05) is 45.0 Å². The number of rotatable bonds is 5. The first-order chi connectivity index (χ1) is 12.5. The number of aliphatic carboxylic acids is 1. The molecule has 1 heterocycles. The van der Waals surface area contributed by atoms with Gasteiger partial charge in [0.1, 0.15) is 12.1 Å². The molecule has 0 aromatic heterocycles. The number of β-amino-alcohol motifs (C(OH)–C–C–N with tert-alkyl or cyclic N) is 1. The lowest BCUT2D eigenvalue weighted by Gasteiger charge is -2.24. The Kier molecular flexibility index (Phi) is 6.26. The molecule has 1 fully saturated rings. The SMILES string of the molecule is CC(=O)N1C[C@H](O)C[C@H]1C(=O)N[C@@H](Cc1ccc(C(C)(C)C)cc1)C(=O)O. The van der Waals surface area contributed by atoms with E-state index in [0.717, 1.165) is 11.1 Å². The molecule has 3 N–H and O–H groups in total. The first-order valence-corrected chi connectivity index (χ1v) is 9.07. The molecule has 2 amide bonds. The van der Waals surface area contributed by atoms with Crippen LogP contribution in [-0.4, -0.2) is 57.6 Å². The number of hydrogen-bond donors (Lipinski definition) is 3. The predicted molar refractivity (Wildman–Crippen MR) is 100 cm³/mol. The van der Waals surface area contributed by atoms with Gasteiger partial charge in [0, 0.05) is 26.3 Å². The average Bonchev–Trinajstić information content (AvgIpc) is 2.96. The van der Waals surface area contributed by atoms with Gasteiger partial charge in [-0.2, -0.15) is 0 Å². The van der Waals surface area contributed by atoms with Crippen LogP contribution in [-0.2, 0) is 26.2 Å². The molecule has 1 aromatic carbocycles. The minimum absolute atomic E-state index is 0.00158. The molecule has 1 aliphatic heterocycles. The summed E-state index contributed by atoms with van der Waals surface area (Å²) in [5, 5.41) is 21.8. The van der Waals surface area contributed by atoms with Crippen LogP contribution in [0.4, 0.5) is 0 Å². The number of aliphatic hydroxyl groups excluding tert-OH is 1. The molecule has 3 atom stereocenters. The lowest BCUT2D eigenvalue weighted by atomic mass is 9.86. The van der Waals surface area contributed by atoms with Crippen LogP contribution in [0.3, 0.4) is 0 Å². The highest BCUT2D eigenvalue weighted by Crippen LogP contribution is 2.23. The predicted octanol–water partition coefficient (Wildman–Crippen LogP) is 1.08. The second-order valence-electron chi connectivity index (χ2n) is 8.13. The van der Waals surface area contributed by atoms with Crippen molar-refractivity contribution in [1.29, 1.82) is 0 Å². The zero-order chi connectivity index (χ0) is 20.4. The van der Waals surface area contributed by atoms with Crippen molar-refractivity contribution in [2.75, 3.05) is 6.54 Å². The van der Waals surface area contributed by atoms with Gasteiger partial charge < -0.3 is 20.4 Å². The second kappa shape index (κ2) is 8.08. The molecule has 1 aliphatic rings. The Balaban J connectivity index is 2.08. The van der Waals surface area contributed by atoms with Crippen LogP contribution in [0.1, 0.15) is 45.2 Å². The highest BCUT2D eigenvalue weighted by molar-refractivity contribution is 5.90. The maximum Gasteiger partial charge on any atom is 0.326 e. The fraction of sp³-hybridized carbons (Fsp3) is 0.550. The van der Waals surface area contributed by atoms with Gasteiger partial charge in [0.25, 0.3) is 0 Å². The minimum Gasteiger partial charge on any atom is -0.480 e. The molecule has 7 nitrogen and oxygen atoms in total. The molecule has 148 valence electrons. The molecule has 0 saturated carbocycles. The highest BCUT2D eigenvalue weighted by Gasteiger charge is 2.38. The first-order valence-electron chi connectivity index (χ1n) is 9.07. The summed E-state index contributed by atoms with van der Waals surface area (Å²) in [5.74, 6) is -2.02. The number of carboxylic acids is 1. The van der Waals surface area contributed by atoms with Crippen LogP contribution < -0.4 is 5.32 Å². The largest absolute Gasteiger partial charge is 0.480 e. The second-order valence-corrected chi connectivity index (χ2v) is 8.13. The van der Waals surface area contributed by atoms with Crippen molar-refractivity contribution in [3.05, 3.63) is 35.4 Å². The molecule has 0 radical (unpaired) electrons. The highest BCUT2D eigenvalue weighted by atomic mass is 16.4. The normalized spacial score (nSPS) is 21.0. The zero-order valence-electron chi connectivity index (χ0n) is 16.2. The van der Waals surface area contributed by atoms with Crippen molar-refractivity contribution in [3.8, 4) is 0 Å². The van der Waals surface area contributed by atoms with Gasteiger partial charge in [-0.05, 0) is 16.5 Å². The number of likely N-dealkylation sites (tertiary alicyclic amines) is 1. The molecular formula is C20H28N2O5. The standard InChI is InChI=1S/C20H28N2O5/c1-12(23)22-11-15(24)10-17(22)18(25)21-16(19(26)27)9-13-5-7-14(8-6-13)20(2,3)4/h5-8,15-17,24H,9-11H2,1-4H3,(H,21,25)(H,26,27)/t15-,16+,17+/m1/s1. The van der Waals surface area contributed by atoms with E-state index in [-0.39, 0.29) is 30.7 Å². The molecule has 0 aliphatic carbocycles. The van der Waals surface area contributed by atoms with Crippen LogP contribution in [0.15, 0.2) is 24.3 Å². The fourth-order valence-corrected chi connectivity index (χ4v) is 3.25.